The van der Waals surface area contributed by atoms with E-state index < -0.39 is 0 Å². The van der Waals surface area contributed by atoms with E-state index in [-0.39, 0.29) is 0 Å². The van der Waals surface area contributed by atoms with Crippen LogP contribution in [0, 0.1) is 0 Å². The van der Waals surface area contributed by atoms with Crippen molar-refractivity contribution in [2.45, 2.75) is 0 Å². The lowest BCUT2D eigenvalue weighted by Gasteiger charge is -1.92. The van der Waals surface area contributed by atoms with Gasteiger partial charge in [0.1, 0.15) is 0 Å². The highest BCUT2D eigenvalue weighted by molar-refractivity contribution is 5.91. The number of benzene rings is 1. The van der Waals surface area contributed by atoms with Crippen LogP contribution in [0.2, 0.25) is 0 Å². The van der Waals surface area contributed by atoms with Gasteiger partial charge in [-0.05, 0) is 12.1 Å². The first-order valence-electron chi connectivity index (χ1n) is 2.72. The number of nitrogens with one attached hydrogen (secondary N) is 1. The van der Waals surface area contributed by atoms with Gasteiger partial charge in [-0.25, -0.2) is 5.01 Å². The normalized spacial score (nSPS) is 13.2. The van der Waals surface area contributed by atoms with Crippen molar-refractivity contribution in [3.63, 3.8) is 0 Å². The molecule has 46 valence electrons. The summed E-state index contributed by atoms with van der Waals surface area (Å²) in [5.41, 5.74) is 4.12. The van der Waals surface area contributed by atoms with E-state index >= 15 is 0 Å². The standard InChI is InChI=1S/C6H6N2O/c9-7-8-5-3-1-2-4-6(5)8/h1-4,7,9H. The zero-order valence-corrected chi connectivity index (χ0v) is 4.70. The second-order valence-corrected chi connectivity index (χ2v) is 1.92. The zero-order chi connectivity index (χ0) is 6.27. The van der Waals surface area contributed by atoms with Gasteiger partial charge in [0.15, 0.2) is 0 Å². The van der Waals surface area contributed by atoms with Crippen LogP contribution >= 0.6 is 0 Å². The summed E-state index contributed by atoms with van der Waals surface area (Å²) in [6.45, 7) is 0. The Labute approximate surface area is 52.5 Å². The van der Waals surface area contributed by atoms with Crippen molar-refractivity contribution in [3.8, 4) is 0 Å². The summed E-state index contributed by atoms with van der Waals surface area (Å²) in [5.74, 6) is 0. The molecule has 0 aromatic heterocycles. The summed E-state index contributed by atoms with van der Waals surface area (Å²) in [6, 6.07) is 7.71. The number of hydrogen-bond donors (Lipinski definition) is 2. The molecule has 3 nitrogen and oxygen atoms in total. The Morgan fingerprint density at radius 2 is 1.78 bits per heavy atom. The molecule has 0 saturated heterocycles. The molecule has 0 unspecified atom stereocenters. The average molecular weight is 122 g/mol. The van der Waals surface area contributed by atoms with Gasteiger partial charge in [0.25, 0.3) is 0 Å². The van der Waals surface area contributed by atoms with E-state index in [1.54, 1.807) is 5.01 Å². The fraction of sp³-hybridized carbons (Fsp3) is 0. The molecule has 0 amide bonds. The fourth-order valence-electron chi connectivity index (χ4n) is 0.912. The van der Waals surface area contributed by atoms with Crippen LogP contribution in [0.15, 0.2) is 24.3 Å². The van der Waals surface area contributed by atoms with Gasteiger partial charge in [-0.15, -0.1) is 5.59 Å². The van der Waals surface area contributed by atoms with Crippen LogP contribution in [-0.4, -0.2) is 5.21 Å². The summed E-state index contributed by atoms with van der Waals surface area (Å²) in [7, 11) is 0. The Hall–Kier alpha value is -1.06. The van der Waals surface area contributed by atoms with Crippen molar-refractivity contribution in [1.29, 1.82) is 0 Å². The lowest BCUT2D eigenvalue weighted by atomic mass is 10.4. The van der Waals surface area contributed by atoms with Gasteiger partial charge in [-0.3, -0.25) is 5.21 Å². The van der Waals surface area contributed by atoms with E-state index in [0.717, 1.165) is 11.4 Å². The van der Waals surface area contributed by atoms with Crippen LogP contribution in [-0.2, 0) is 0 Å². The number of rotatable bonds is 1. The number of anilines is 2. The van der Waals surface area contributed by atoms with Crippen molar-refractivity contribution in [3.05, 3.63) is 24.3 Å². The summed E-state index contributed by atoms with van der Waals surface area (Å²) in [5, 5.41) is 10.0. The smallest absolute Gasteiger partial charge is 0.0853 e. The Balaban J connectivity index is 2.35. The highest BCUT2D eigenvalue weighted by Crippen LogP contribution is 2.44. The van der Waals surface area contributed by atoms with E-state index in [1.165, 1.54) is 0 Å². The van der Waals surface area contributed by atoms with E-state index in [4.69, 9.17) is 5.21 Å². The first-order chi connectivity index (χ1) is 4.43. The molecular formula is C6H6N2O. The predicted molar refractivity (Wildman–Crippen MR) is 33.5 cm³/mol. The Morgan fingerprint density at radius 1 is 1.22 bits per heavy atom. The molecule has 1 aromatic rings. The third kappa shape index (κ3) is 0.526. The summed E-state index contributed by atoms with van der Waals surface area (Å²) in [6.07, 6.45) is 0. The largest absolute Gasteiger partial charge is 0.297 e. The molecule has 2 N–H and O–H groups in total. The number of hydrogen-bond acceptors (Lipinski definition) is 3. The van der Waals surface area contributed by atoms with Crippen molar-refractivity contribution in [2.75, 3.05) is 5.01 Å². The van der Waals surface area contributed by atoms with Crippen molar-refractivity contribution in [2.24, 2.45) is 0 Å². The van der Waals surface area contributed by atoms with E-state index in [1.807, 2.05) is 29.9 Å². The highest BCUT2D eigenvalue weighted by Gasteiger charge is 2.26. The maximum Gasteiger partial charge on any atom is 0.0853 e. The van der Waals surface area contributed by atoms with Gasteiger partial charge in [-0.2, -0.15) is 0 Å². The van der Waals surface area contributed by atoms with Crippen LogP contribution in [0.5, 0.6) is 0 Å². The van der Waals surface area contributed by atoms with Crippen molar-refractivity contribution >= 4 is 11.4 Å². The number of para-hydroxylation sites is 2. The molecular weight excluding hydrogens is 116 g/mol. The zero-order valence-electron chi connectivity index (χ0n) is 4.70. The topological polar surface area (TPSA) is 35.3 Å². The first-order valence-corrected chi connectivity index (χ1v) is 2.72. The molecule has 3 heteroatoms. The lowest BCUT2D eigenvalue weighted by molar-refractivity contribution is 0.176. The van der Waals surface area contributed by atoms with Gasteiger partial charge < -0.3 is 0 Å². The Morgan fingerprint density at radius 3 is 2.22 bits per heavy atom. The van der Waals surface area contributed by atoms with Gasteiger partial charge in [0, 0.05) is 0 Å². The van der Waals surface area contributed by atoms with Crippen LogP contribution in [0.25, 0.3) is 0 Å². The minimum Gasteiger partial charge on any atom is -0.297 e. The molecule has 1 aliphatic rings. The summed E-state index contributed by atoms with van der Waals surface area (Å²) >= 11 is 0. The number of nitrogens with zero attached hydrogens (tertiary/aromatic N) is 1. The monoisotopic (exact) mass is 122 g/mol. The quantitative estimate of drug-likeness (QED) is 0.431. The summed E-state index contributed by atoms with van der Waals surface area (Å²) < 4.78 is 0. The van der Waals surface area contributed by atoms with Crippen molar-refractivity contribution in [1.82, 2.24) is 5.59 Å². The molecule has 1 aliphatic heterocycles. The molecule has 1 heterocycles. The lowest BCUT2D eigenvalue weighted by Crippen LogP contribution is -2.17. The molecule has 0 bridgehead atoms. The van der Waals surface area contributed by atoms with Gasteiger partial charge in [-0.1, -0.05) is 12.1 Å². The van der Waals surface area contributed by atoms with Crippen LogP contribution in [0.3, 0.4) is 0 Å². The third-order valence-corrected chi connectivity index (χ3v) is 1.41. The molecule has 2 rings (SSSR count). The van der Waals surface area contributed by atoms with E-state index in [0.29, 0.717) is 0 Å². The molecule has 0 spiro atoms. The molecule has 0 atom stereocenters. The molecule has 0 saturated carbocycles. The first kappa shape index (κ1) is 4.78. The van der Waals surface area contributed by atoms with Crippen LogP contribution in [0.4, 0.5) is 11.4 Å². The second kappa shape index (κ2) is 1.46. The molecule has 0 aliphatic carbocycles. The molecule has 9 heavy (non-hydrogen) atoms. The SMILES string of the molecule is ONN1c2ccccc21. The fourth-order valence-corrected chi connectivity index (χ4v) is 0.912. The maximum atomic E-state index is 8.40. The second-order valence-electron chi connectivity index (χ2n) is 1.92. The van der Waals surface area contributed by atoms with Crippen molar-refractivity contribution < 1.29 is 5.21 Å². The molecule has 0 radical (unpaired) electrons. The number of fused-ring (bicyclic) bond motifs is 1. The minimum absolute atomic E-state index is 1.04. The molecule has 0 fully saturated rings. The number of hydrazine groups is 1. The molecule has 1 aromatic carbocycles. The third-order valence-electron chi connectivity index (χ3n) is 1.41. The Bertz CT molecular complexity index is 213. The minimum atomic E-state index is 1.04. The van der Waals surface area contributed by atoms with Gasteiger partial charge >= 0.3 is 0 Å². The highest BCUT2D eigenvalue weighted by atomic mass is 16.5. The van der Waals surface area contributed by atoms with Gasteiger partial charge in [0.05, 0.1) is 11.4 Å². The Kier molecular flexibility index (Phi) is 0.777. The van der Waals surface area contributed by atoms with E-state index in [2.05, 4.69) is 0 Å². The van der Waals surface area contributed by atoms with Gasteiger partial charge in [0.2, 0.25) is 0 Å². The van der Waals surface area contributed by atoms with E-state index in [9.17, 15) is 0 Å². The van der Waals surface area contributed by atoms with Crippen LogP contribution in [0.1, 0.15) is 0 Å². The van der Waals surface area contributed by atoms with Crippen LogP contribution < -0.4 is 10.6 Å². The summed E-state index contributed by atoms with van der Waals surface area (Å²) in [4.78, 5) is 0. The predicted octanol–water partition coefficient (Wildman–Crippen LogP) is 1.03. The maximum absolute atomic E-state index is 8.40. The average Bonchev–Trinajstić information content (AvgIpc) is 2.60.